The first-order valence-corrected chi connectivity index (χ1v) is 30.7. The van der Waals surface area contributed by atoms with E-state index in [9.17, 15) is 52.7 Å². The van der Waals surface area contributed by atoms with Crippen LogP contribution >= 0.6 is 0 Å². The highest BCUT2D eigenvalue weighted by atomic mass is 16.5. The molecule has 0 aromatic rings. The molecule has 0 aliphatic carbocycles. The molecule has 492 valence electrons. The van der Waals surface area contributed by atoms with Gasteiger partial charge < -0.3 is 66.0 Å². The van der Waals surface area contributed by atoms with Crippen molar-refractivity contribution < 1.29 is 62.3 Å². The minimum atomic E-state index is -1.47. The highest BCUT2D eigenvalue weighted by molar-refractivity contribution is 5.99. The smallest absolute Gasteiger partial charge is 0.245 e. The van der Waals surface area contributed by atoms with Gasteiger partial charge in [-0.05, 0) is 87.4 Å². The number of ether oxygens (including phenoxy) is 1. The van der Waals surface area contributed by atoms with Crippen LogP contribution in [0.1, 0.15) is 155 Å². The van der Waals surface area contributed by atoms with Gasteiger partial charge in [0.05, 0.1) is 19.7 Å². The Hall–Kier alpha value is -6.40. The van der Waals surface area contributed by atoms with Gasteiger partial charge in [0.1, 0.15) is 54.4 Å². The van der Waals surface area contributed by atoms with Crippen LogP contribution in [0.15, 0.2) is 0 Å². The maximum Gasteiger partial charge on any atom is 0.245 e. The predicted octanol–water partition coefficient (Wildman–Crippen LogP) is 1.98. The van der Waals surface area contributed by atoms with Gasteiger partial charge in [-0.25, -0.2) is 0 Å². The number of hydrogen-bond acceptors (Lipinski definition) is 13. The van der Waals surface area contributed by atoms with E-state index in [0.29, 0.717) is 6.42 Å². The SMILES string of the molecule is CCC[C@@H]1NC(=O)[C@H](CC(C)C)N(C)C(=O)[C@H](CC(C)C)N(C)C(=O)[C@H](CC(C)C)N(C)C(=O)CN(CCOC)C(=O)[C@@H](C)NC(=O)[C@@H](CCC(N)=O)NC(=O)[C@H](CC(C)C)N(C)C(=O)[C@H](C(C)C)NC(=O)[C@H](CC(C)C)N(C)C(=O)CN(C)C1=O. The zero-order valence-corrected chi connectivity index (χ0v) is 55.9. The highest BCUT2D eigenvalue weighted by Crippen LogP contribution is 2.23. The van der Waals surface area contributed by atoms with Crippen LogP contribution in [0.4, 0.5) is 0 Å². The molecule has 0 bridgehead atoms. The van der Waals surface area contributed by atoms with Crippen molar-refractivity contribution in [3.63, 3.8) is 0 Å². The summed E-state index contributed by atoms with van der Waals surface area (Å²) in [6.07, 6.45) is 0.657. The number of methoxy groups -OCH3 is 1. The van der Waals surface area contributed by atoms with Gasteiger partial charge in [-0.3, -0.25) is 57.5 Å². The second kappa shape index (κ2) is 36.7. The maximum absolute atomic E-state index is 15.0. The molecule has 1 saturated heterocycles. The Labute approximate surface area is 513 Å². The monoisotopic (exact) mass is 1220 g/mol. The average molecular weight is 1220 g/mol. The van der Waals surface area contributed by atoms with Crippen molar-refractivity contribution in [1.29, 1.82) is 0 Å². The van der Waals surface area contributed by atoms with Crippen LogP contribution in [0.5, 0.6) is 0 Å². The van der Waals surface area contributed by atoms with Crippen molar-refractivity contribution >= 4 is 70.9 Å². The lowest BCUT2D eigenvalue weighted by molar-refractivity contribution is -0.153. The summed E-state index contributed by atoms with van der Waals surface area (Å²) in [4.78, 5) is 181. The van der Waals surface area contributed by atoms with Gasteiger partial charge in [0.15, 0.2) is 0 Å². The number of nitrogens with zero attached hydrogens (tertiary/aromatic N) is 7. The standard InChI is InChI=1S/C61H110N12O13/c1-22-23-43-58(82)67(15)33-50(75)68(16)44(28-35(2)3)56(80)66-52(40(12)13)61(85)71(19)46(30-37(6)7)54(78)64-42(24-25-49(62)74)53(77)63-41(14)57(81)73(26-27-86-21)34-51(76)69(17)47(31-38(8)9)59(83)72(20)48(32-39(10)11)60(84)70(18)45(29-36(4)5)55(79)65-43/h35-48,52H,22-34H2,1-21H3,(H2,62,74)(H,63,77)(H,64,78)(H,65,79)(H,66,80)/t41-,42-,43+,44+,45+,46+,47+,48+,52+/m1/s1. The van der Waals surface area contributed by atoms with Crippen LogP contribution in [0.25, 0.3) is 0 Å². The molecular weight excluding hydrogens is 1110 g/mol. The number of carbonyl (C=O) groups is 12. The summed E-state index contributed by atoms with van der Waals surface area (Å²) in [6.45, 7) is 24.0. The molecule has 1 rings (SSSR count). The Morgan fingerprint density at radius 1 is 0.488 bits per heavy atom. The largest absolute Gasteiger partial charge is 0.383 e. The number of nitrogens with one attached hydrogen (secondary N) is 4. The van der Waals surface area contributed by atoms with Crippen molar-refractivity contribution in [3.8, 4) is 0 Å². The normalized spacial score (nSPS) is 24.9. The summed E-state index contributed by atoms with van der Waals surface area (Å²) < 4.78 is 5.31. The van der Waals surface area contributed by atoms with Crippen LogP contribution in [-0.4, -0.2) is 235 Å². The number of carbonyl (C=O) groups excluding carboxylic acids is 12. The van der Waals surface area contributed by atoms with Crippen molar-refractivity contribution in [2.24, 2.45) is 41.2 Å². The zero-order chi connectivity index (χ0) is 66.4. The molecular formula is C61H110N12O13. The molecule has 1 aliphatic heterocycles. The third-order valence-corrected chi connectivity index (χ3v) is 15.5. The minimum absolute atomic E-state index is 0.0349. The van der Waals surface area contributed by atoms with E-state index in [4.69, 9.17) is 10.5 Å². The molecule has 9 atom stereocenters. The second-order valence-corrected chi connectivity index (χ2v) is 25.9. The van der Waals surface area contributed by atoms with E-state index < -0.39 is 144 Å². The lowest BCUT2D eigenvalue weighted by Gasteiger charge is -2.39. The molecule has 25 nitrogen and oxygen atoms in total. The van der Waals surface area contributed by atoms with E-state index in [1.807, 2.05) is 76.2 Å². The molecule has 86 heavy (non-hydrogen) atoms. The number of amides is 12. The molecule has 0 aromatic heterocycles. The Morgan fingerprint density at radius 3 is 1.30 bits per heavy atom. The van der Waals surface area contributed by atoms with E-state index >= 15 is 4.79 Å². The number of nitrogens with two attached hydrogens (primary N) is 1. The first-order chi connectivity index (χ1) is 39.8. The maximum atomic E-state index is 15.0. The molecule has 1 aliphatic rings. The zero-order valence-electron chi connectivity index (χ0n) is 55.9. The summed E-state index contributed by atoms with van der Waals surface area (Å²) in [5, 5.41) is 11.0. The van der Waals surface area contributed by atoms with E-state index in [1.54, 1.807) is 13.8 Å². The second-order valence-electron chi connectivity index (χ2n) is 25.9. The average Bonchev–Trinajstić information content (AvgIpc) is 1.33. The van der Waals surface area contributed by atoms with Crippen LogP contribution in [0.3, 0.4) is 0 Å². The summed E-state index contributed by atoms with van der Waals surface area (Å²) in [6, 6.07) is -11.0. The highest BCUT2D eigenvalue weighted by Gasteiger charge is 2.42. The van der Waals surface area contributed by atoms with Gasteiger partial charge in [0.2, 0.25) is 70.9 Å². The van der Waals surface area contributed by atoms with Crippen molar-refractivity contribution in [2.45, 2.75) is 209 Å². The molecule has 0 radical (unpaired) electrons. The number of rotatable bonds is 19. The number of hydrogen-bond donors (Lipinski definition) is 5. The van der Waals surface area contributed by atoms with Gasteiger partial charge in [0, 0.05) is 62.4 Å². The molecule has 6 N–H and O–H groups in total. The van der Waals surface area contributed by atoms with Crippen LogP contribution in [-0.2, 0) is 62.3 Å². The van der Waals surface area contributed by atoms with Crippen LogP contribution < -0.4 is 27.0 Å². The Balaban J connectivity index is 4.32. The first kappa shape index (κ1) is 77.6. The third-order valence-electron chi connectivity index (χ3n) is 15.5. The Kier molecular flexibility index (Phi) is 33.1. The fourth-order valence-corrected chi connectivity index (χ4v) is 10.4. The van der Waals surface area contributed by atoms with Crippen molar-refractivity contribution in [2.75, 3.05) is 75.6 Å². The molecule has 12 amide bonds. The van der Waals surface area contributed by atoms with Gasteiger partial charge >= 0.3 is 0 Å². The molecule has 25 heteroatoms. The summed E-state index contributed by atoms with van der Waals surface area (Å²) in [7, 11) is 10.0. The van der Waals surface area contributed by atoms with E-state index in [2.05, 4.69) is 21.3 Å². The summed E-state index contributed by atoms with van der Waals surface area (Å²) >= 11 is 0. The topological polar surface area (TPSA) is 311 Å². The van der Waals surface area contributed by atoms with Crippen LogP contribution in [0, 0.1) is 35.5 Å². The molecule has 0 aromatic carbocycles. The van der Waals surface area contributed by atoms with Crippen molar-refractivity contribution in [3.05, 3.63) is 0 Å². The van der Waals surface area contributed by atoms with Gasteiger partial charge in [0.25, 0.3) is 0 Å². The summed E-state index contributed by atoms with van der Waals surface area (Å²) in [5.74, 6) is -9.51. The number of primary amides is 1. The molecule has 0 unspecified atom stereocenters. The minimum Gasteiger partial charge on any atom is -0.383 e. The van der Waals surface area contributed by atoms with Crippen molar-refractivity contribution in [1.82, 2.24) is 55.6 Å². The molecule has 0 spiro atoms. The number of likely N-dealkylation sites (N-methyl/N-ethyl adjacent to an activating group) is 6. The lowest BCUT2D eigenvalue weighted by Crippen LogP contribution is -2.61. The predicted molar refractivity (Wildman–Crippen MR) is 328 cm³/mol. The van der Waals surface area contributed by atoms with Gasteiger partial charge in [-0.15, -0.1) is 0 Å². The van der Waals surface area contributed by atoms with E-state index in [1.165, 1.54) is 85.7 Å². The first-order valence-electron chi connectivity index (χ1n) is 30.7. The van der Waals surface area contributed by atoms with E-state index in [0.717, 1.165) is 4.90 Å². The molecule has 0 saturated carbocycles. The third kappa shape index (κ3) is 24.0. The molecule has 1 fully saturated rings. The van der Waals surface area contributed by atoms with Gasteiger partial charge in [-0.2, -0.15) is 0 Å². The Morgan fingerprint density at radius 2 is 0.872 bits per heavy atom. The fourth-order valence-electron chi connectivity index (χ4n) is 10.4. The van der Waals surface area contributed by atoms with Crippen LogP contribution in [0.2, 0.25) is 0 Å². The van der Waals surface area contributed by atoms with Gasteiger partial charge in [-0.1, -0.05) is 96.4 Å². The Bertz CT molecular complexity index is 2310. The summed E-state index contributed by atoms with van der Waals surface area (Å²) in [5.41, 5.74) is 5.53. The fraction of sp³-hybridized carbons (Fsp3) is 0.803. The lowest BCUT2D eigenvalue weighted by atomic mass is 9.96. The van der Waals surface area contributed by atoms with E-state index in [-0.39, 0.29) is 94.1 Å². The quantitative estimate of drug-likeness (QED) is 0.124. The molecule has 1 heterocycles.